The molecule has 1 aliphatic rings. The average molecular weight is 152 g/mol. The van der Waals surface area contributed by atoms with Crippen molar-refractivity contribution in [2.75, 3.05) is 19.6 Å². The van der Waals surface area contributed by atoms with Crippen LogP contribution in [0.15, 0.2) is 0 Å². The molecule has 0 spiro atoms. The third-order valence-corrected chi connectivity index (χ3v) is 2.32. The Kier molecular flexibility index (Phi) is 3.99. The summed E-state index contributed by atoms with van der Waals surface area (Å²) in [5.41, 5.74) is 0. The van der Waals surface area contributed by atoms with E-state index < -0.39 is 0 Å². The van der Waals surface area contributed by atoms with E-state index in [0.717, 1.165) is 5.92 Å². The van der Waals surface area contributed by atoms with Gasteiger partial charge in [0, 0.05) is 0 Å². The van der Waals surface area contributed by atoms with Crippen LogP contribution < -0.4 is 0 Å². The maximum absolute atomic E-state index is 2.58. The van der Waals surface area contributed by atoms with E-state index in [1.54, 1.807) is 0 Å². The van der Waals surface area contributed by atoms with Crippen molar-refractivity contribution in [3.05, 3.63) is 0 Å². The van der Waals surface area contributed by atoms with Gasteiger partial charge in [0.15, 0.2) is 0 Å². The zero-order valence-electron chi connectivity index (χ0n) is 7.84. The summed E-state index contributed by atoms with van der Waals surface area (Å²) < 4.78 is 0. The molecule has 0 N–H and O–H groups in total. The molecule has 0 bridgehead atoms. The van der Waals surface area contributed by atoms with Crippen LogP contribution in [0.5, 0.6) is 0 Å². The van der Waals surface area contributed by atoms with Gasteiger partial charge >= 0.3 is 0 Å². The van der Waals surface area contributed by atoms with Crippen molar-refractivity contribution >= 4 is 7.28 Å². The summed E-state index contributed by atoms with van der Waals surface area (Å²) >= 11 is 0. The van der Waals surface area contributed by atoms with Gasteiger partial charge in [0.05, 0.1) is 0 Å². The van der Waals surface area contributed by atoms with E-state index in [4.69, 9.17) is 0 Å². The quantitative estimate of drug-likeness (QED) is 0.558. The molecule has 63 valence electrons. The minimum absolute atomic E-state index is 0.862. The molecule has 1 fully saturated rings. The zero-order valence-corrected chi connectivity index (χ0v) is 7.84. The van der Waals surface area contributed by atoms with Gasteiger partial charge in [-0.25, -0.2) is 0 Å². The average Bonchev–Trinajstić information content (AvgIpc) is 2.03. The second kappa shape index (κ2) is 4.81. The van der Waals surface area contributed by atoms with Crippen molar-refractivity contribution in [3.8, 4) is 0 Å². The molecule has 1 radical (unpaired) electrons. The Bertz CT molecular complexity index is 97.7. The number of hydrogen-bond acceptors (Lipinski definition) is 1. The summed E-state index contributed by atoms with van der Waals surface area (Å²) in [5, 5.41) is 0. The highest BCUT2D eigenvalue weighted by molar-refractivity contribution is 6.35. The molecule has 0 aromatic heterocycles. The molecule has 0 saturated carbocycles. The van der Waals surface area contributed by atoms with Gasteiger partial charge in [-0.05, 0) is 32.0 Å². The van der Waals surface area contributed by atoms with Crippen LogP contribution in [0.3, 0.4) is 0 Å². The summed E-state index contributed by atoms with van der Waals surface area (Å²) in [6, 6.07) is 0. The Morgan fingerprint density at radius 1 is 1.27 bits per heavy atom. The first-order valence-electron chi connectivity index (χ1n) is 4.83. The maximum atomic E-state index is 2.58. The Hall–Kier alpha value is 0.0249. The molecule has 0 atom stereocenters. The number of hydrogen-bond donors (Lipinski definition) is 0. The summed E-state index contributed by atoms with van der Waals surface area (Å²) in [6.07, 6.45) is 3.97. The third-order valence-electron chi connectivity index (χ3n) is 2.32. The molecule has 11 heavy (non-hydrogen) atoms. The fourth-order valence-corrected chi connectivity index (χ4v) is 1.47. The van der Waals surface area contributed by atoms with Crippen LogP contribution in [-0.2, 0) is 0 Å². The van der Waals surface area contributed by atoms with Gasteiger partial charge in [-0.1, -0.05) is 26.5 Å². The van der Waals surface area contributed by atoms with Gasteiger partial charge in [-0.2, -0.15) is 0 Å². The lowest BCUT2D eigenvalue weighted by atomic mass is 9.68. The van der Waals surface area contributed by atoms with Crippen LogP contribution >= 0.6 is 0 Å². The normalized spacial score (nSPS) is 20.3. The second-order valence-electron chi connectivity index (χ2n) is 3.89. The van der Waals surface area contributed by atoms with E-state index in [9.17, 15) is 0 Å². The first kappa shape index (κ1) is 9.12. The lowest BCUT2D eigenvalue weighted by molar-refractivity contribution is 0.275. The molecule has 0 aromatic carbocycles. The molecule has 0 amide bonds. The van der Waals surface area contributed by atoms with Crippen LogP contribution in [0.2, 0.25) is 12.6 Å². The summed E-state index contributed by atoms with van der Waals surface area (Å²) in [6.45, 7) is 8.51. The number of nitrogens with zero attached hydrogens (tertiary/aromatic N) is 1. The van der Waals surface area contributed by atoms with E-state index in [0.29, 0.717) is 0 Å². The Labute approximate surface area is 71.4 Å². The predicted octanol–water partition coefficient (Wildman–Crippen LogP) is 1.89. The van der Waals surface area contributed by atoms with Gasteiger partial charge in [0.1, 0.15) is 7.28 Å². The lowest BCUT2D eigenvalue weighted by Crippen LogP contribution is -2.32. The molecule has 1 aliphatic heterocycles. The smallest absolute Gasteiger partial charge is 0.112 e. The van der Waals surface area contributed by atoms with Gasteiger partial charge in [0.2, 0.25) is 0 Å². The highest BCUT2D eigenvalue weighted by Gasteiger charge is 2.10. The fraction of sp³-hybridized carbons (Fsp3) is 1.00. The van der Waals surface area contributed by atoms with Gasteiger partial charge in [-0.15, -0.1) is 0 Å². The first-order chi connectivity index (χ1) is 5.29. The van der Waals surface area contributed by atoms with E-state index >= 15 is 0 Å². The van der Waals surface area contributed by atoms with Crippen molar-refractivity contribution in [2.24, 2.45) is 5.92 Å². The molecule has 2 heteroatoms. The summed E-state index contributed by atoms with van der Waals surface area (Å²) in [4.78, 5) is 2.58. The van der Waals surface area contributed by atoms with Gasteiger partial charge < -0.3 is 4.90 Å². The summed E-state index contributed by atoms with van der Waals surface area (Å²) in [7, 11) is 2.41. The van der Waals surface area contributed by atoms with E-state index in [2.05, 4.69) is 26.0 Å². The SMILES string of the molecule is CC(C)CCN1CC[B]CC1. The molecular formula is C9H19BN. The molecular weight excluding hydrogens is 133 g/mol. The number of rotatable bonds is 3. The molecule has 1 saturated heterocycles. The summed E-state index contributed by atoms with van der Waals surface area (Å²) in [5.74, 6) is 0.862. The molecule has 0 unspecified atom stereocenters. The van der Waals surface area contributed by atoms with Gasteiger partial charge in [-0.3, -0.25) is 0 Å². The lowest BCUT2D eigenvalue weighted by Gasteiger charge is -2.26. The van der Waals surface area contributed by atoms with Crippen molar-refractivity contribution < 1.29 is 0 Å². The van der Waals surface area contributed by atoms with Crippen LogP contribution in [0.1, 0.15) is 20.3 Å². The Morgan fingerprint density at radius 2 is 1.91 bits per heavy atom. The van der Waals surface area contributed by atoms with Crippen LogP contribution in [0.4, 0.5) is 0 Å². The Morgan fingerprint density at radius 3 is 2.45 bits per heavy atom. The van der Waals surface area contributed by atoms with Crippen LogP contribution in [0.25, 0.3) is 0 Å². The molecule has 1 rings (SSSR count). The highest BCUT2D eigenvalue weighted by atomic mass is 15.1. The third kappa shape index (κ3) is 3.81. The van der Waals surface area contributed by atoms with Crippen LogP contribution in [0, 0.1) is 5.92 Å². The minimum Gasteiger partial charge on any atom is -0.305 e. The molecule has 1 heterocycles. The van der Waals surface area contributed by atoms with Crippen molar-refractivity contribution in [1.29, 1.82) is 0 Å². The fourth-order valence-electron chi connectivity index (χ4n) is 1.47. The molecule has 0 aromatic rings. The first-order valence-corrected chi connectivity index (χ1v) is 4.83. The van der Waals surface area contributed by atoms with Crippen molar-refractivity contribution in [3.63, 3.8) is 0 Å². The van der Waals surface area contributed by atoms with Crippen LogP contribution in [-0.4, -0.2) is 31.8 Å². The zero-order chi connectivity index (χ0) is 8.10. The van der Waals surface area contributed by atoms with Gasteiger partial charge in [0.25, 0.3) is 0 Å². The molecule has 0 aliphatic carbocycles. The van der Waals surface area contributed by atoms with Crippen molar-refractivity contribution in [1.82, 2.24) is 4.90 Å². The molecule has 1 nitrogen and oxygen atoms in total. The van der Waals surface area contributed by atoms with E-state index in [1.807, 2.05) is 0 Å². The van der Waals surface area contributed by atoms with E-state index in [1.165, 1.54) is 38.7 Å². The second-order valence-corrected chi connectivity index (χ2v) is 3.89. The monoisotopic (exact) mass is 152 g/mol. The highest BCUT2D eigenvalue weighted by Crippen LogP contribution is 2.07. The maximum Gasteiger partial charge on any atom is 0.112 e. The minimum atomic E-state index is 0.862. The Balaban J connectivity index is 2.05. The standard InChI is InChI=1S/C9H19BN/c1-9(2)3-6-11-7-4-10-5-8-11/h9H,3-8H2,1-2H3. The van der Waals surface area contributed by atoms with E-state index in [-0.39, 0.29) is 0 Å². The topological polar surface area (TPSA) is 3.24 Å². The van der Waals surface area contributed by atoms with Crippen molar-refractivity contribution in [2.45, 2.75) is 32.9 Å². The predicted molar refractivity (Wildman–Crippen MR) is 51.3 cm³/mol. The largest absolute Gasteiger partial charge is 0.305 e.